The fraction of sp³-hybridized carbons (Fsp3) is 0.0667. The summed E-state index contributed by atoms with van der Waals surface area (Å²) in [6.07, 6.45) is 1.75. The summed E-state index contributed by atoms with van der Waals surface area (Å²) in [7, 11) is 0. The molecule has 124 valence electrons. The topological polar surface area (TPSA) is 104 Å². The van der Waals surface area contributed by atoms with Crippen molar-refractivity contribution in [3.05, 3.63) is 58.5 Å². The second-order valence-corrected chi connectivity index (χ2v) is 9.45. The maximum absolute atomic E-state index is 12.6. The van der Waals surface area contributed by atoms with Crippen molar-refractivity contribution < 1.29 is 16.7 Å². The molecule has 0 bridgehead atoms. The first-order valence-electron chi connectivity index (χ1n) is 6.87. The summed E-state index contributed by atoms with van der Waals surface area (Å²) < 4.78 is 32.0. The zero-order valence-corrected chi connectivity index (χ0v) is 15.9. The van der Waals surface area contributed by atoms with Gasteiger partial charge < -0.3 is 0 Å². The minimum absolute atomic E-state index is 0.0407. The third-order valence-corrected chi connectivity index (χ3v) is 5.94. The van der Waals surface area contributed by atoms with Crippen LogP contribution in [0, 0.1) is 6.92 Å². The Morgan fingerprint density at radius 2 is 1.88 bits per heavy atom. The summed E-state index contributed by atoms with van der Waals surface area (Å²) in [4.78, 5) is 16.9. The van der Waals surface area contributed by atoms with Gasteiger partial charge in [-0.3, -0.25) is 0 Å². The van der Waals surface area contributed by atoms with E-state index in [1.54, 1.807) is 23.6 Å². The summed E-state index contributed by atoms with van der Waals surface area (Å²) >= 11 is -1.56. The van der Waals surface area contributed by atoms with Gasteiger partial charge in [-0.1, -0.05) is 0 Å². The summed E-state index contributed by atoms with van der Waals surface area (Å²) in [5.41, 5.74) is 2.08. The Morgan fingerprint density at radius 3 is 2.50 bits per heavy atom. The Bertz CT molecular complexity index is 978. The molecule has 1 amide bonds. The van der Waals surface area contributed by atoms with Gasteiger partial charge in [0.15, 0.2) is 0 Å². The van der Waals surface area contributed by atoms with E-state index in [-0.39, 0.29) is 10.3 Å². The SMILES string of the molecule is Cc1nc2ccc(Br)cn2c1C(=O)Nc1ccc([As](=O)(O)O)cc1. The molecule has 0 radical (unpaired) electrons. The number of halogens is 1. The monoisotopic (exact) mass is 453 g/mol. The van der Waals surface area contributed by atoms with Crippen LogP contribution in [0.5, 0.6) is 0 Å². The number of imidazole rings is 1. The maximum atomic E-state index is 12.6. The molecule has 0 fully saturated rings. The van der Waals surface area contributed by atoms with Crippen molar-refractivity contribution in [3.63, 3.8) is 0 Å². The van der Waals surface area contributed by atoms with E-state index in [9.17, 15) is 8.53 Å². The fourth-order valence-electron chi connectivity index (χ4n) is 2.34. The second kappa shape index (κ2) is 6.22. The number of amides is 1. The predicted octanol–water partition coefficient (Wildman–Crippen LogP) is 1.22. The number of benzene rings is 1. The van der Waals surface area contributed by atoms with Crippen molar-refractivity contribution in [3.8, 4) is 0 Å². The number of anilines is 1. The van der Waals surface area contributed by atoms with Gasteiger partial charge >= 0.3 is 149 Å². The molecule has 7 nitrogen and oxygen atoms in total. The van der Waals surface area contributed by atoms with Crippen molar-refractivity contribution in [2.45, 2.75) is 6.92 Å². The average molecular weight is 454 g/mol. The van der Waals surface area contributed by atoms with Crippen LogP contribution >= 0.6 is 15.9 Å². The zero-order valence-electron chi connectivity index (χ0n) is 12.5. The van der Waals surface area contributed by atoms with Crippen molar-refractivity contribution >= 4 is 51.7 Å². The summed E-state index contributed by atoms with van der Waals surface area (Å²) in [5.74, 6) is -0.354. The van der Waals surface area contributed by atoms with Gasteiger partial charge in [-0.15, -0.1) is 0 Å². The normalized spacial score (nSPS) is 11.7. The zero-order chi connectivity index (χ0) is 17.5. The van der Waals surface area contributed by atoms with Crippen LogP contribution < -0.4 is 9.67 Å². The van der Waals surface area contributed by atoms with E-state index < -0.39 is 14.2 Å². The third kappa shape index (κ3) is 3.32. The number of pyridine rings is 1. The molecule has 3 N–H and O–H groups in total. The molecule has 24 heavy (non-hydrogen) atoms. The number of fused-ring (bicyclic) bond motifs is 1. The van der Waals surface area contributed by atoms with Crippen molar-refractivity contribution in [1.29, 1.82) is 0 Å². The average Bonchev–Trinajstić information content (AvgIpc) is 2.82. The third-order valence-electron chi connectivity index (χ3n) is 3.43. The molecule has 0 saturated carbocycles. The van der Waals surface area contributed by atoms with Gasteiger partial charge in [0.2, 0.25) is 0 Å². The molecular weight excluding hydrogens is 441 g/mol. The van der Waals surface area contributed by atoms with Crippen molar-refractivity contribution in [2.75, 3.05) is 5.32 Å². The van der Waals surface area contributed by atoms with E-state index in [4.69, 9.17) is 8.19 Å². The summed E-state index contributed by atoms with van der Waals surface area (Å²) in [6, 6.07) is 9.18. The standard InChI is InChI=1S/C15H13AsBrN3O4/c1-9-14(20-8-11(17)4-7-13(20)18-9)15(21)19-12-5-2-10(3-6-12)16(22,23)24/h2-8H,1H3,(H,19,21)(H2,22,23,24). The quantitative estimate of drug-likeness (QED) is 0.517. The number of nitrogens with one attached hydrogen (secondary N) is 1. The van der Waals surface area contributed by atoms with Gasteiger partial charge in [0.25, 0.3) is 0 Å². The molecule has 0 unspecified atom stereocenters. The minimum atomic E-state index is -4.92. The van der Waals surface area contributed by atoms with Gasteiger partial charge in [-0.2, -0.15) is 0 Å². The Labute approximate surface area is 148 Å². The number of aromatic nitrogens is 2. The molecule has 3 aromatic rings. The Hall–Kier alpha value is -1.86. The van der Waals surface area contributed by atoms with Crippen LogP contribution in [-0.4, -0.2) is 37.7 Å². The number of hydrogen-bond donors (Lipinski definition) is 3. The van der Waals surface area contributed by atoms with E-state index in [2.05, 4.69) is 26.2 Å². The first-order chi connectivity index (χ1) is 11.3. The van der Waals surface area contributed by atoms with E-state index in [1.165, 1.54) is 24.3 Å². The number of carbonyl (C=O) groups excluding carboxylic acids is 1. The number of hydrogen-bond acceptors (Lipinski definition) is 3. The van der Waals surface area contributed by atoms with Gasteiger partial charge in [-0.25, -0.2) is 0 Å². The molecule has 1 aromatic carbocycles. The number of aryl methyl sites for hydroxylation is 1. The van der Waals surface area contributed by atoms with Gasteiger partial charge in [0, 0.05) is 0 Å². The van der Waals surface area contributed by atoms with Crippen LogP contribution in [0.1, 0.15) is 16.2 Å². The van der Waals surface area contributed by atoms with Crippen molar-refractivity contribution in [2.24, 2.45) is 0 Å². The van der Waals surface area contributed by atoms with Crippen LogP contribution in [-0.2, 0) is 3.74 Å². The summed E-state index contributed by atoms with van der Waals surface area (Å²) in [5, 5.41) is 2.71. The Balaban J connectivity index is 1.92. The molecular formula is C15H13AsBrN3O4. The molecule has 0 aliphatic rings. The van der Waals surface area contributed by atoms with Crippen LogP contribution in [0.15, 0.2) is 47.1 Å². The fourth-order valence-corrected chi connectivity index (χ4v) is 3.80. The van der Waals surface area contributed by atoms with Crippen LogP contribution in [0.25, 0.3) is 5.65 Å². The summed E-state index contributed by atoms with van der Waals surface area (Å²) in [6.45, 7) is 1.75. The van der Waals surface area contributed by atoms with Crippen molar-refractivity contribution in [1.82, 2.24) is 9.38 Å². The first-order valence-corrected chi connectivity index (χ1v) is 11.0. The molecule has 2 heterocycles. The van der Waals surface area contributed by atoms with Gasteiger partial charge in [0.1, 0.15) is 0 Å². The Kier molecular flexibility index (Phi) is 4.40. The molecule has 0 spiro atoms. The van der Waals surface area contributed by atoms with E-state index in [1.807, 2.05) is 6.07 Å². The number of carbonyl (C=O) groups is 1. The van der Waals surface area contributed by atoms with Crippen LogP contribution in [0.3, 0.4) is 0 Å². The molecule has 2 aromatic heterocycles. The van der Waals surface area contributed by atoms with E-state index in [0.717, 1.165) is 4.47 Å². The molecule has 0 aliphatic heterocycles. The number of rotatable bonds is 3. The molecule has 3 rings (SSSR count). The molecule has 0 saturated heterocycles. The van der Waals surface area contributed by atoms with E-state index >= 15 is 0 Å². The van der Waals surface area contributed by atoms with Crippen LogP contribution in [0.4, 0.5) is 5.69 Å². The predicted molar refractivity (Wildman–Crippen MR) is 92.5 cm³/mol. The second-order valence-electron chi connectivity index (χ2n) is 5.17. The van der Waals surface area contributed by atoms with Crippen LogP contribution in [0.2, 0.25) is 0 Å². The van der Waals surface area contributed by atoms with Gasteiger partial charge in [0.05, 0.1) is 0 Å². The molecule has 0 atom stereocenters. The van der Waals surface area contributed by atoms with E-state index in [0.29, 0.717) is 22.7 Å². The van der Waals surface area contributed by atoms with Gasteiger partial charge in [-0.05, 0) is 0 Å². The first kappa shape index (κ1) is 17.0. The number of nitrogens with zero attached hydrogens (tertiary/aromatic N) is 2. The Morgan fingerprint density at radius 1 is 1.21 bits per heavy atom. The molecule has 9 heteroatoms. The molecule has 0 aliphatic carbocycles.